The molecule has 3 heteroatoms. The predicted octanol–water partition coefficient (Wildman–Crippen LogP) is 11.7. The van der Waals surface area contributed by atoms with Crippen molar-refractivity contribution in [3.05, 3.63) is 151 Å². The Morgan fingerprint density at radius 3 is 2.09 bits per heavy atom. The van der Waals surface area contributed by atoms with Gasteiger partial charge in [-0.15, -0.1) is 11.3 Å². The van der Waals surface area contributed by atoms with Gasteiger partial charge in [-0.1, -0.05) is 72.8 Å². The van der Waals surface area contributed by atoms with Gasteiger partial charge in [0.1, 0.15) is 0 Å². The third kappa shape index (κ3) is 3.93. The summed E-state index contributed by atoms with van der Waals surface area (Å²) in [5.74, 6) is 0. The van der Waals surface area contributed by atoms with Gasteiger partial charge in [0.05, 0.1) is 11.0 Å². The Morgan fingerprint density at radius 2 is 1.26 bits per heavy atom. The molecule has 0 radical (unpaired) electrons. The summed E-state index contributed by atoms with van der Waals surface area (Å²) in [4.78, 5) is 2.41. The van der Waals surface area contributed by atoms with Crippen LogP contribution in [-0.2, 0) is 0 Å². The maximum atomic E-state index is 2.41. The minimum Gasteiger partial charge on any atom is -0.311 e. The monoisotopic (exact) mass is 568 g/mol. The number of nitrogens with zero attached hydrogens (tertiary/aromatic N) is 2. The van der Waals surface area contributed by atoms with Crippen molar-refractivity contribution >= 4 is 75.5 Å². The van der Waals surface area contributed by atoms with Gasteiger partial charge in [0, 0.05) is 53.7 Å². The second-order valence-corrected chi connectivity index (χ2v) is 12.4. The zero-order valence-electron chi connectivity index (χ0n) is 23.6. The molecule has 0 fully saturated rings. The lowest BCUT2D eigenvalue weighted by atomic mass is 10.1. The Morgan fingerprint density at radius 1 is 0.535 bits per heavy atom. The summed E-state index contributed by atoms with van der Waals surface area (Å²) in [7, 11) is 0. The van der Waals surface area contributed by atoms with Crippen molar-refractivity contribution in [1.82, 2.24) is 4.57 Å². The Kier molecular flexibility index (Phi) is 5.53. The maximum absolute atomic E-state index is 2.41. The van der Waals surface area contributed by atoms with E-state index in [1.807, 2.05) is 11.3 Å². The molecule has 2 aromatic heterocycles. The van der Waals surface area contributed by atoms with Crippen LogP contribution in [0, 0.1) is 0 Å². The quantitative estimate of drug-likeness (QED) is 0.205. The first-order chi connectivity index (χ1) is 21.3. The van der Waals surface area contributed by atoms with Crippen LogP contribution >= 0.6 is 11.3 Å². The molecule has 0 saturated heterocycles. The van der Waals surface area contributed by atoms with E-state index >= 15 is 0 Å². The minimum atomic E-state index is 1.05. The van der Waals surface area contributed by atoms with Crippen LogP contribution in [0.1, 0.15) is 12.8 Å². The molecule has 0 bridgehead atoms. The zero-order chi connectivity index (χ0) is 28.3. The molecule has 1 aliphatic rings. The molecule has 0 saturated carbocycles. The second-order valence-electron chi connectivity index (χ2n) is 11.3. The molecule has 0 atom stereocenters. The molecule has 0 unspecified atom stereocenters. The van der Waals surface area contributed by atoms with Gasteiger partial charge >= 0.3 is 0 Å². The van der Waals surface area contributed by atoms with Crippen LogP contribution in [0.15, 0.2) is 151 Å². The maximum Gasteiger partial charge on any atom is 0.0547 e. The van der Waals surface area contributed by atoms with E-state index in [0.717, 1.165) is 24.2 Å². The molecule has 2 heterocycles. The van der Waals surface area contributed by atoms with E-state index in [9.17, 15) is 0 Å². The SMILES string of the molecule is C1=CC(N(c2ccc(-n3c4ccccc4c4cc5ccccc5cc43)cc2)c2ccc3sc4ccccc4c3c2)=CCC1. The Hall–Kier alpha value is -5.12. The molecule has 0 N–H and O–H groups in total. The molecule has 43 heavy (non-hydrogen) atoms. The molecule has 9 rings (SSSR count). The molecular formula is C40H28N2S. The van der Waals surface area contributed by atoms with Crippen molar-refractivity contribution in [3.8, 4) is 5.69 Å². The summed E-state index contributed by atoms with van der Waals surface area (Å²) in [6, 6.07) is 46.8. The number of fused-ring (bicyclic) bond motifs is 7. The lowest BCUT2D eigenvalue weighted by Gasteiger charge is -2.28. The van der Waals surface area contributed by atoms with Crippen LogP contribution in [0.25, 0.3) is 58.4 Å². The van der Waals surface area contributed by atoms with Crippen molar-refractivity contribution in [3.63, 3.8) is 0 Å². The van der Waals surface area contributed by atoms with E-state index in [2.05, 4.69) is 155 Å². The smallest absolute Gasteiger partial charge is 0.0547 e. The first kappa shape index (κ1) is 24.5. The largest absolute Gasteiger partial charge is 0.311 e. The van der Waals surface area contributed by atoms with Gasteiger partial charge in [0.25, 0.3) is 0 Å². The summed E-state index contributed by atoms with van der Waals surface area (Å²) < 4.78 is 5.07. The average Bonchev–Trinajstić information content (AvgIpc) is 3.60. The summed E-state index contributed by atoms with van der Waals surface area (Å²) in [5, 5.41) is 7.74. The van der Waals surface area contributed by atoms with Crippen LogP contribution in [0.3, 0.4) is 0 Å². The highest BCUT2D eigenvalue weighted by Crippen LogP contribution is 2.40. The Balaban J connectivity index is 1.21. The number of para-hydroxylation sites is 1. The number of benzene rings is 6. The summed E-state index contributed by atoms with van der Waals surface area (Å²) in [6.45, 7) is 0. The van der Waals surface area contributed by atoms with Crippen molar-refractivity contribution < 1.29 is 0 Å². The van der Waals surface area contributed by atoms with E-state index in [-0.39, 0.29) is 0 Å². The summed E-state index contributed by atoms with van der Waals surface area (Å²) >= 11 is 1.87. The van der Waals surface area contributed by atoms with Gasteiger partial charge in [-0.25, -0.2) is 0 Å². The van der Waals surface area contributed by atoms with Gasteiger partial charge < -0.3 is 9.47 Å². The normalized spacial score (nSPS) is 13.4. The van der Waals surface area contributed by atoms with Gasteiger partial charge in [-0.2, -0.15) is 0 Å². The van der Waals surface area contributed by atoms with Crippen molar-refractivity contribution in [2.24, 2.45) is 0 Å². The molecular weight excluding hydrogens is 541 g/mol. The number of allylic oxidation sites excluding steroid dienone is 3. The summed E-state index contributed by atoms with van der Waals surface area (Å²) in [6.07, 6.45) is 9.07. The Bertz CT molecular complexity index is 2400. The molecule has 204 valence electrons. The zero-order valence-corrected chi connectivity index (χ0v) is 24.4. The highest BCUT2D eigenvalue weighted by atomic mass is 32.1. The van der Waals surface area contributed by atoms with Gasteiger partial charge in [-0.3, -0.25) is 0 Å². The number of rotatable bonds is 4. The summed E-state index contributed by atoms with van der Waals surface area (Å²) in [5.41, 5.74) is 7.19. The van der Waals surface area contributed by atoms with E-state index in [0.29, 0.717) is 0 Å². The van der Waals surface area contributed by atoms with E-state index in [1.165, 1.54) is 64.1 Å². The van der Waals surface area contributed by atoms with Crippen molar-refractivity contribution in [2.75, 3.05) is 4.90 Å². The molecule has 1 aliphatic carbocycles. The van der Waals surface area contributed by atoms with Crippen molar-refractivity contribution in [1.29, 1.82) is 0 Å². The van der Waals surface area contributed by atoms with Crippen LogP contribution in [0.2, 0.25) is 0 Å². The van der Waals surface area contributed by atoms with E-state index in [1.54, 1.807) is 0 Å². The minimum absolute atomic E-state index is 1.05. The van der Waals surface area contributed by atoms with Crippen LogP contribution in [0.5, 0.6) is 0 Å². The fourth-order valence-corrected chi connectivity index (χ4v) is 7.84. The number of hydrogen-bond acceptors (Lipinski definition) is 2. The lowest BCUT2D eigenvalue weighted by molar-refractivity contribution is 0.997. The first-order valence-electron chi connectivity index (χ1n) is 14.9. The van der Waals surface area contributed by atoms with Gasteiger partial charge in [0.15, 0.2) is 0 Å². The number of anilines is 2. The number of thiophene rings is 1. The highest BCUT2D eigenvalue weighted by molar-refractivity contribution is 7.25. The molecule has 6 aromatic carbocycles. The first-order valence-corrected chi connectivity index (χ1v) is 15.7. The molecule has 2 nitrogen and oxygen atoms in total. The van der Waals surface area contributed by atoms with Crippen LogP contribution in [-0.4, -0.2) is 4.57 Å². The van der Waals surface area contributed by atoms with E-state index in [4.69, 9.17) is 0 Å². The standard InChI is InChI=1S/C40H28N2S/c1-2-12-29(13-3-1)41(32-22-23-40-36(26-32)34-15-7-9-17-39(34)43-40)30-18-20-31(21-19-30)42-37-16-8-6-14-33(37)35-24-27-10-4-5-11-28(27)25-38(35)42/h2,4-26H,1,3H2. The molecule has 8 aromatic rings. The van der Waals surface area contributed by atoms with Crippen molar-refractivity contribution in [2.45, 2.75) is 12.8 Å². The van der Waals surface area contributed by atoms with Crippen LogP contribution in [0.4, 0.5) is 11.4 Å². The Labute approximate surface area is 254 Å². The van der Waals surface area contributed by atoms with Gasteiger partial charge in [-0.05, 0) is 96.4 Å². The molecule has 0 spiro atoms. The average molecular weight is 569 g/mol. The fourth-order valence-electron chi connectivity index (χ4n) is 6.75. The highest BCUT2D eigenvalue weighted by Gasteiger charge is 2.18. The molecule has 0 aliphatic heterocycles. The molecule has 0 amide bonds. The predicted molar refractivity (Wildman–Crippen MR) is 186 cm³/mol. The topological polar surface area (TPSA) is 8.17 Å². The van der Waals surface area contributed by atoms with Gasteiger partial charge in [0.2, 0.25) is 0 Å². The number of hydrogen-bond donors (Lipinski definition) is 0. The number of aromatic nitrogens is 1. The second kappa shape index (κ2) is 9.72. The van der Waals surface area contributed by atoms with Crippen LogP contribution < -0.4 is 4.90 Å². The fraction of sp³-hybridized carbons (Fsp3) is 0.0500. The van der Waals surface area contributed by atoms with E-state index < -0.39 is 0 Å². The lowest BCUT2D eigenvalue weighted by Crippen LogP contribution is -2.16. The third-order valence-electron chi connectivity index (χ3n) is 8.76. The third-order valence-corrected chi connectivity index (χ3v) is 9.91.